The topological polar surface area (TPSA) is 66.4 Å². The lowest BCUT2D eigenvalue weighted by Gasteiger charge is -2.35. The third-order valence-corrected chi connectivity index (χ3v) is 4.86. The van der Waals surface area contributed by atoms with Gasteiger partial charge in [-0.25, -0.2) is 0 Å². The van der Waals surface area contributed by atoms with Gasteiger partial charge in [-0.05, 0) is 30.4 Å². The van der Waals surface area contributed by atoms with Crippen LogP contribution in [0.1, 0.15) is 19.3 Å². The van der Waals surface area contributed by atoms with Crippen LogP contribution in [0.15, 0.2) is 40.9 Å². The minimum atomic E-state index is -1.26. The Labute approximate surface area is 130 Å². The summed E-state index contributed by atoms with van der Waals surface area (Å²) < 4.78 is 0.938. The maximum Gasteiger partial charge on any atom is 0.319 e. The van der Waals surface area contributed by atoms with E-state index in [1.807, 2.05) is 30.3 Å². The van der Waals surface area contributed by atoms with E-state index in [2.05, 4.69) is 21.2 Å². The molecular weight excluding hydrogens is 334 g/mol. The van der Waals surface area contributed by atoms with Crippen molar-refractivity contribution in [3.8, 4) is 0 Å². The van der Waals surface area contributed by atoms with E-state index in [-0.39, 0.29) is 0 Å². The van der Waals surface area contributed by atoms with Gasteiger partial charge in [0, 0.05) is 15.5 Å². The van der Waals surface area contributed by atoms with Crippen molar-refractivity contribution in [1.82, 2.24) is 0 Å². The molecule has 1 aliphatic rings. The van der Waals surface area contributed by atoms with Crippen molar-refractivity contribution in [3.05, 3.63) is 40.9 Å². The molecule has 3 rings (SSSR count). The molecule has 2 aromatic rings. The SMILES string of the molecule is O=C(O)C1(C(=O)Nc2ccc(Br)c3ccccc23)CCC1. The van der Waals surface area contributed by atoms with Crippen LogP contribution in [-0.4, -0.2) is 17.0 Å². The fourth-order valence-corrected chi connectivity index (χ4v) is 3.16. The molecule has 0 radical (unpaired) electrons. The Kier molecular flexibility index (Phi) is 3.45. The molecule has 0 atom stereocenters. The molecule has 0 aromatic heterocycles. The molecule has 21 heavy (non-hydrogen) atoms. The molecule has 0 saturated heterocycles. The Bertz CT molecular complexity index is 737. The van der Waals surface area contributed by atoms with Crippen molar-refractivity contribution in [2.45, 2.75) is 19.3 Å². The van der Waals surface area contributed by atoms with E-state index >= 15 is 0 Å². The van der Waals surface area contributed by atoms with Crippen LogP contribution in [0.4, 0.5) is 5.69 Å². The first-order chi connectivity index (χ1) is 10.0. The zero-order chi connectivity index (χ0) is 15.0. The summed E-state index contributed by atoms with van der Waals surface area (Å²) in [6.45, 7) is 0. The lowest BCUT2D eigenvalue weighted by Crippen LogP contribution is -2.48. The van der Waals surface area contributed by atoms with Gasteiger partial charge in [0.15, 0.2) is 0 Å². The van der Waals surface area contributed by atoms with E-state index in [0.29, 0.717) is 18.5 Å². The number of benzene rings is 2. The van der Waals surface area contributed by atoms with Crippen molar-refractivity contribution in [1.29, 1.82) is 0 Å². The van der Waals surface area contributed by atoms with E-state index in [1.165, 1.54) is 0 Å². The first kappa shape index (κ1) is 14.1. The van der Waals surface area contributed by atoms with E-state index in [1.54, 1.807) is 6.07 Å². The van der Waals surface area contributed by atoms with Crippen LogP contribution in [0.3, 0.4) is 0 Å². The lowest BCUT2D eigenvalue weighted by atomic mass is 9.68. The highest BCUT2D eigenvalue weighted by atomic mass is 79.9. The van der Waals surface area contributed by atoms with E-state index in [4.69, 9.17) is 0 Å². The minimum absolute atomic E-state index is 0.405. The number of rotatable bonds is 3. The summed E-state index contributed by atoms with van der Waals surface area (Å²) in [6, 6.07) is 11.3. The second kappa shape index (κ2) is 5.15. The Hall–Kier alpha value is -1.88. The predicted octanol–water partition coefficient (Wildman–Crippen LogP) is 3.80. The van der Waals surface area contributed by atoms with Gasteiger partial charge in [0.25, 0.3) is 0 Å². The van der Waals surface area contributed by atoms with Crippen molar-refractivity contribution >= 4 is 44.3 Å². The summed E-state index contributed by atoms with van der Waals surface area (Å²) in [5.41, 5.74) is -0.611. The maximum atomic E-state index is 12.4. The molecule has 2 N–H and O–H groups in total. The first-order valence-corrected chi connectivity index (χ1v) is 7.56. The largest absolute Gasteiger partial charge is 0.480 e. The van der Waals surface area contributed by atoms with Gasteiger partial charge in [-0.1, -0.05) is 46.6 Å². The second-order valence-corrected chi connectivity index (χ2v) is 6.19. The molecule has 1 amide bonds. The van der Waals surface area contributed by atoms with Crippen molar-refractivity contribution in [2.24, 2.45) is 5.41 Å². The number of carboxylic acid groups (broad SMARTS) is 1. The number of carbonyl (C=O) groups is 2. The van der Waals surface area contributed by atoms with Gasteiger partial charge in [0.05, 0.1) is 0 Å². The van der Waals surface area contributed by atoms with Crippen LogP contribution in [0.25, 0.3) is 10.8 Å². The van der Waals surface area contributed by atoms with Crippen molar-refractivity contribution in [2.75, 3.05) is 5.32 Å². The Morgan fingerprint density at radius 3 is 2.33 bits per heavy atom. The third kappa shape index (κ3) is 2.21. The predicted molar refractivity (Wildman–Crippen MR) is 84.2 cm³/mol. The molecule has 0 unspecified atom stereocenters. The van der Waals surface area contributed by atoms with Gasteiger partial charge in [-0.3, -0.25) is 9.59 Å². The first-order valence-electron chi connectivity index (χ1n) is 6.77. The van der Waals surface area contributed by atoms with E-state index in [9.17, 15) is 14.7 Å². The number of carboxylic acids is 1. The standard InChI is InChI=1S/C16H14BrNO3/c17-12-6-7-13(11-5-2-1-4-10(11)12)18-14(19)16(15(20)21)8-3-9-16/h1-2,4-7H,3,8-9H2,(H,18,19)(H,20,21). The highest BCUT2D eigenvalue weighted by Crippen LogP contribution is 2.42. The molecule has 2 aromatic carbocycles. The van der Waals surface area contributed by atoms with Crippen LogP contribution < -0.4 is 5.32 Å². The normalized spacial score (nSPS) is 16.2. The summed E-state index contributed by atoms with van der Waals surface area (Å²) in [4.78, 5) is 23.8. The van der Waals surface area contributed by atoms with Crippen LogP contribution in [-0.2, 0) is 9.59 Å². The quantitative estimate of drug-likeness (QED) is 0.830. The van der Waals surface area contributed by atoms with Gasteiger partial charge < -0.3 is 10.4 Å². The Morgan fingerprint density at radius 2 is 1.76 bits per heavy atom. The van der Waals surface area contributed by atoms with Crippen molar-refractivity contribution in [3.63, 3.8) is 0 Å². The highest BCUT2D eigenvalue weighted by Gasteiger charge is 2.51. The summed E-state index contributed by atoms with van der Waals surface area (Å²) >= 11 is 3.48. The lowest BCUT2D eigenvalue weighted by molar-refractivity contribution is -0.159. The highest BCUT2D eigenvalue weighted by molar-refractivity contribution is 9.10. The van der Waals surface area contributed by atoms with Crippen LogP contribution in [0, 0.1) is 5.41 Å². The van der Waals surface area contributed by atoms with Gasteiger partial charge >= 0.3 is 5.97 Å². The molecule has 108 valence electrons. The van der Waals surface area contributed by atoms with E-state index < -0.39 is 17.3 Å². The molecule has 1 aliphatic carbocycles. The van der Waals surface area contributed by atoms with E-state index in [0.717, 1.165) is 21.7 Å². The average Bonchev–Trinajstić information content (AvgIpc) is 2.40. The fourth-order valence-electron chi connectivity index (χ4n) is 2.68. The van der Waals surface area contributed by atoms with Crippen LogP contribution in [0.2, 0.25) is 0 Å². The number of hydrogen-bond donors (Lipinski definition) is 2. The smallest absolute Gasteiger partial charge is 0.319 e. The third-order valence-electron chi connectivity index (χ3n) is 4.17. The van der Waals surface area contributed by atoms with Gasteiger partial charge in [-0.15, -0.1) is 0 Å². The van der Waals surface area contributed by atoms with Crippen LogP contribution in [0.5, 0.6) is 0 Å². The molecule has 0 heterocycles. The van der Waals surface area contributed by atoms with Crippen LogP contribution >= 0.6 is 15.9 Å². The second-order valence-electron chi connectivity index (χ2n) is 5.34. The minimum Gasteiger partial charge on any atom is -0.480 e. The Balaban J connectivity index is 1.97. The Morgan fingerprint density at radius 1 is 1.10 bits per heavy atom. The number of halogens is 1. The molecule has 1 saturated carbocycles. The fraction of sp³-hybridized carbons (Fsp3) is 0.250. The monoisotopic (exact) mass is 347 g/mol. The number of fused-ring (bicyclic) bond motifs is 1. The molecule has 0 spiro atoms. The molecular formula is C16H14BrNO3. The number of nitrogens with one attached hydrogen (secondary N) is 1. The van der Waals surface area contributed by atoms with Gasteiger partial charge in [-0.2, -0.15) is 0 Å². The maximum absolute atomic E-state index is 12.4. The summed E-state index contributed by atoms with van der Waals surface area (Å²) in [5, 5.41) is 14.0. The molecule has 0 bridgehead atoms. The molecule has 0 aliphatic heterocycles. The zero-order valence-electron chi connectivity index (χ0n) is 11.2. The number of anilines is 1. The summed E-state index contributed by atoms with van der Waals surface area (Å²) in [6.07, 6.45) is 1.59. The van der Waals surface area contributed by atoms with Gasteiger partial charge in [0.1, 0.15) is 5.41 Å². The van der Waals surface area contributed by atoms with Crippen molar-refractivity contribution < 1.29 is 14.7 Å². The molecule has 5 heteroatoms. The zero-order valence-corrected chi connectivity index (χ0v) is 12.8. The summed E-state index contributed by atoms with van der Waals surface area (Å²) in [7, 11) is 0. The molecule has 4 nitrogen and oxygen atoms in total. The number of aliphatic carboxylic acids is 1. The van der Waals surface area contributed by atoms with Gasteiger partial charge in [0.2, 0.25) is 5.91 Å². The summed E-state index contributed by atoms with van der Waals surface area (Å²) in [5.74, 6) is -1.46. The number of carbonyl (C=O) groups excluding carboxylic acids is 1. The average molecular weight is 348 g/mol. The molecule has 1 fully saturated rings. The number of hydrogen-bond acceptors (Lipinski definition) is 2. The number of amides is 1.